The van der Waals surface area contributed by atoms with E-state index in [0.717, 1.165) is 20.5 Å². The van der Waals surface area contributed by atoms with Crippen molar-refractivity contribution in [1.29, 1.82) is 0 Å². The molecule has 0 aliphatic carbocycles. The Hall–Kier alpha value is -4.03. The van der Waals surface area contributed by atoms with Crippen molar-refractivity contribution in [2.45, 2.75) is 13.3 Å². The normalized spacial score (nSPS) is 15.0. The van der Waals surface area contributed by atoms with E-state index in [0.29, 0.717) is 17.1 Å². The molecule has 1 aliphatic rings. The Morgan fingerprint density at radius 2 is 1.92 bits per heavy atom. The quantitative estimate of drug-likeness (QED) is 0.308. The molecule has 200 valence electrons. The average molecular weight is 611 g/mol. The number of fused-ring (bicyclic) bond motifs is 1. The fourth-order valence-electron chi connectivity index (χ4n) is 4.37. The summed E-state index contributed by atoms with van der Waals surface area (Å²) in [5.41, 5.74) is 0.539. The summed E-state index contributed by atoms with van der Waals surface area (Å²) in [4.78, 5) is 54.0. The van der Waals surface area contributed by atoms with Crippen molar-refractivity contribution in [3.8, 4) is 11.4 Å². The van der Waals surface area contributed by atoms with Crippen LogP contribution >= 0.6 is 27.3 Å². The number of halogens is 1. The van der Waals surface area contributed by atoms with Crippen molar-refractivity contribution in [3.63, 3.8) is 0 Å². The van der Waals surface area contributed by atoms with E-state index in [2.05, 4.69) is 26.3 Å². The van der Waals surface area contributed by atoms with E-state index in [4.69, 9.17) is 9.47 Å². The largest absolute Gasteiger partial charge is 0.497 e. The van der Waals surface area contributed by atoms with Gasteiger partial charge in [0.1, 0.15) is 10.8 Å². The van der Waals surface area contributed by atoms with E-state index in [1.54, 1.807) is 72.8 Å². The number of hydrogen-bond acceptors (Lipinski definition) is 8. The monoisotopic (exact) mass is 610 g/mol. The summed E-state index contributed by atoms with van der Waals surface area (Å²) in [6.45, 7) is 1.99. The molecule has 1 aliphatic heterocycles. The molecular weight excluding hydrogens is 588 g/mol. The third-order valence-electron chi connectivity index (χ3n) is 6.29. The minimum Gasteiger partial charge on any atom is -0.497 e. The van der Waals surface area contributed by atoms with Gasteiger partial charge in [0.05, 0.1) is 30.7 Å². The molecule has 4 aromatic rings. The fourth-order valence-corrected chi connectivity index (χ4v) is 5.58. The fraction of sp³-hybridized carbons (Fsp3) is 0.222. The summed E-state index contributed by atoms with van der Waals surface area (Å²) in [5.74, 6) is -1.31. The van der Waals surface area contributed by atoms with Gasteiger partial charge in [0.25, 0.3) is 5.56 Å². The van der Waals surface area contributed by atoms with Crippen LogP contribution in [0.4, 0.5) is 10.7 Å². The topological polar surface area (TPSA) is 120 Å². The zero-order valence-electron chi connectivity index (χ0n) is 21.0. The standard InChI is InChI=1S/C27H23BrN4O6S/c1-3-38-27(36)23-20-14-39-25(22(20)26(35)32(30-23)17-9-7-16(28)8-10-17)29-24(34)15-11-21(33)31(13-15)18-5-4-6-19(12-18)37-2/h4-10,12,14-15H,3,11,13H2,1-2H3,(H,29,34). The molecule has 1 atom stereocenters. The number of esters is 1. The minimum atomic E-state index is -0.681. The first-order valence-corrected chi connectivity index (χ1v) is 13.7. The molecule has 1 fully saturated rings. The molecule has 10 nitrogen and oxygen atoms in total. The van der Waals surface area contributed by atoms with Gasteiger partial charge < -0.3 is 19.7 Å². The number of aromatic nitrogens is 2. The van der Waals surface area contributed by atoms with E-state index < -0.39 is 23.4 Å². The zero-order valence-corrected chi connectivity index (χ0v) is 23.4. The molecule has 0 spiro atoms. The Morgan fingerprint density at radius 1 is 1.15 bits per heavy atom. The molecular formula is C27H23BrN4O6S. The number of benzene rings is 2. The van der Waals surface area contributed by atoms with Gasteiger partial charge in [-0.3, -0.25) is 14.4 Å². The number of rotatable bonds is 7. The average Bonchev–Trinajstić information content (AvgIpc) is 3.54. The third kappa shape index (κ3) is 5.17. The van der Waals surface area contributed by atoms with Crippen LogP contribution in [0, 0.1) is 5.92 Å². The van der Waals surface area contributed by atoms with Crippen LogP contribution in [-0.2, 0) is 14.3 Å². The Balaban J connectivity index is 1.49. The van der Waals surface area contributed by atoms with Crippen LogP contribution < -0.4 is 20.5 Å². The maximum Gasteiger partial charge on any atom is 0.359 e. The summed E-state index contributed by atoms with van der Waals surface area (Å²) in [5, 5.41) is 9.42. The highest BCUT2D eigenvalue weighted by Crippen LogP contribution is 2.33. The van der Waals surface area contributed by atoms with Gasteiger partial charge in [0, 0.05) is 40.0 Å². The third-order valence-corrected chi connectivity index (χ3v) is 7.71. The Morgan fingerprint density at radius 3 is 2.64 bits per heavy atom. The lowest BCUT2D eigenvalue weighted by Gasteiger charge is -2.17. The Kier molecular flexibility index (Phi) is 7.49. The number of ether oxygens (including phenoxy) is 2. The number of anilines is 2. The first-order chi connectivity index (χ1) is 18.8. The van der Waals surface area contributed by atoms with Crippen LogP contribution in [-0.4, -0.2) is 47.8 Å². The number of carbonyl (C=O) groups is 3. The highest BCUT2D eigenvalue weighted by molar-refractivity contribution is 9.10. The minimum absolute atomic E-state index is 0.0190. The van der Waals surface area contributed by atoms with Crippen molar-refractivity contribution in [1.82, 2.24) is 9.78 Å². The molecule has 12 heteroatoms. The predicted molar refractivity (Wildman–Crippen MR) is 151 cm³/mol. The number of hydrogen-bond donors (Lipinski definition) is 1. The summed E-state index contributed by atoms with van der Waals surface area (Å²) < 4.78 is 12.4. The summed E-state index contributed by atoms with van der Waals surface area (Å²) >= 11 is 4.48. The Labute approximate surface area is 235 Å². The summed E-state index contributed by atoms with van der Waals surface area (Å²) in [7, 11) is 1.54. The molecule has 2 aromatic heterocycles. The van der Waals surface area contributed by atoms with Crippen LogP contribution in [0.15, 0.2) is 63.2 Å². The molecule has 5 rings (SSSR count). The van der Waals surface area contributed by atoms with Gasteiger partial charge in [-0.1, -0.05) is 22.0 Å². The van der Waals surface area contributed by atoms with Crippen molar-refractivity contribution >= 4 is 66.5 Å². The molecule has 1 unspecified atom stereocenters. The molecule has 2 amide bonds. The molecule has 3 heterocycles. The van der Waals surface area contributed by atoms with E-state index >= 15 is 0 Å². The second-order valence-electron chi connectivity index (χ2n) is 8.71. The van der Waals surface area contributed by atoms with Crippen LogP contribution in [0.2, 0.25) is 0 Å². The summed E-state index contributed by atoms with van der Waals surface area (Å²) in [6, 6.07) is 13.9. The van der Waals surface area contributed by atoms with Crippen LogP contribution in [0.5, 0.6) is 5.75 Å². The number of methoxy groups -OCH3 is 1. The number of amides is 2. The van der Waals surface area contributed by atoms with Gasteiger partial charge in [-0.25, -0.2) is 4.79 Å². The first kappa shape index (κ1) is 26.6. The first-order valence-electron chi connectivity index (χ1n) is 12.0. The van der Waals surface area contributed by atoms with Gasteiger partial charge >= 0.3 is 5.97 Å². The smallest absolute Gasteiger partial charge is 0.359 e. The molecule has 0 bridgehead atoms. The van der Waals surface area contributed by atoms with Gasteiger partial charge in [0.15, 0.2) is 5.69 Å². The molecule has 1 N–H and O–H groups in total. The predicted octanol–water partition coefficient (Wildman–Crippen LogP) is 4.39. The van der Waals surface area contributed by atoms with E-state index in [1.807, 2.05) is 0 Å². The lowest BCUT2D eigenvalue weighted by molar-refractivity contribution is -0.122. The van der Waals surface area contributed by atoms with Crippen LogP contribution in [0.3, 0.4) is 0 Å². The maximum atomic E-state index is 13.6. The SMILES string of the molecule is CCOC(=O)c1nn(-c2ccc(Br)cc2)c(=O)c2c(NC(=O)C3CC(=O)N(c4cccc(OC)c4)C3)scc12. The van der Waals surface area contributed by atoms with E-state index in [-0.39, 0.29) is 46.9 Å². The lowest BCUT2D eigenvalue weighted by Crippen LogP contribution is -2.29. The van der Waals surface area contributed by atoms with Crippen LogP contribution in [0.25, 0.3) is 16.5 Å². The van der Waals surface area contributed by atoms with Gasteiger partial charge in [0.2, 0.25) is 11.8 Å². The zero-order chi connectivity index (χ0) is 27.7. The maximum absolute atomic E-state index is 13.6. The molecule has 1 saturated heterocycles. The number of carbonyl (C=O) groups excluding carboxylic acids is 3. The molecule has 0 radical (unpaired) electrons. The van der Waals surface area contributed by atoms with Crippen molar-refractivity contribution in [2.75, 3.05) is 30.5 Å². The number of thiophene rings is 1. The summed E-state index contributed by atoms with van der Waals surface area (Å²) in [6.07, 6.45) is 0.0190. The van der Waals surface area contributed by atoms with Crippen molar-refractivity contribution in [2.24, 2.45) is 5.92 Å². The van der Waals surface area contributed by atoms with E-state index in [1.165, 1.54) is 0 Å². The number of nitrogens with zero attached hydrogens (tertiary/aromatic N) is 3. The van der Waals surface area contributed by atoms with Crippen molar-refractivity contribution < 1.29 is 23.9 Å². The highest BCUT2D eigenvalue weighted by Gasteiger charge is 2.36. The van der Waals surface area contributed by atoms with Crippen LogP contribution in [0.1, 0.15) is 23.8 Å². The second-order valence-corrected chi connectivity index (χ2v) is 10.5. The highest BCUT2D eigenvalue weighted by atomic mass is 79.9. The molecule has 2 aromatic carbocycles. The second kappa shape index (κ2) is 11.0. The Bertz CT molecular complexity index is 1650. The number of nitrogens with one attached hydrogen (secondary N) is 1. The van der Waals surface area contributed by atoms with Crippen molar-refractivity contribution in [3.05, 3.63) is 74.4 Å². The van der Waals surface area contributed by atoms with Gasteiger partial charge in [-0.05, 0) is 43.3 Å². The van der Waals surface area contributed by atoms with E-state index in [9.17, 15) is 19.2 Å². The van der Waals surface area contributed by atoms with Gasteiger partial charge in [-0.2, -0.15) is 9.78 Å². The lowest BCUT2D eigenvalue weighted by atomic mass is 10.1. The molecule has 0 saturated carbocycles. The molecule has 39 heavy (non-hydrogen) atoms. The van der Waals surface area contributed by atoms with Gasteiger partial charge in [-0.15, -0.1) is 11.3 Å².